The van der Waals surface area contributed by atoms with Gasteiger partial charge in [0, 0.05) is 42.8 Å². The molecule has 0 atom stereocenters. The van der Waals surface area contributed by atoms with Gasteiger partial charge in [-0.05, 0) is 75.1 Å². The Morgan fingerprint density at radius 3 is 2.52 bits per heavy atom. The zero-order valence-electron chi connectivity index (χ0n) is 18.9. The van der Waals surface area contributed by atoms with Gasteiger partial charge in [-0.2, -0.15) is 5.26 Å². The minimum atomic E-state index is -0.286. The molecule has 0 bridgehead atoms. The van der Waals surface area contributed by atoms with E-state index in [2.05, 4.69) is 46.8 Å². The average Bonchev–Trinajstić information content (AvgIpc) is 3.05. The number of carbonyl (C=O) groups is 1. The third kappa shape index (κ3) is 5.29. The number of aromatic nitrogens is 1. The molecule has 164 valence electrons. The summed E-state index contributed by atoms with van der Waals surface area (Å²) < 4.78 is 7.45. The summed E-state index contributed by atoms with van der Waals surface area (Å²) in [7, 11) is 1.66. The van der Waals surface area contributed by atoms with Gasteiger partial charge in [0.15, 0.2) is 0 Å². The van der Waals surface area contributed by atoms with Crippen molar-refractivity contribution < 1.29 is 9.53 Å². The maximum absolute atomic E-state index is 12.8. The lowest BCUT2D eigenvalue weighted by Crippen LogP contribution is -2.45. The molecular weight excluding hydrogens is 388 g/mol. The quantitative estimate of drug-likeness (QED) is 0.538. The number of benzene rings is 1. The number of hydrogen-bond acceptors (Lipinski definition) is 4. The Morgan fingerprint density at radius 2 is 1.94 bits per heavy atom. The van der Waals surface area contributed by atoms with Crippen molar-refractivity contribution in [3.05, 3.63) is 52.9 Å². The second-order valence-corrected chi connectivity index (χ2v) is 8.08. The Morgan fingerprint density at radius 1 is 1.26 bits per heavy atom. The molecule has 3 rings (SSSR count). The molecule has 0 radical (unpaired) electrons. The largest absolute Gasteiger partial charge is 0.497 e. The summed E-state index contributed by atoms with van der Waals surface area (Å²) in [6.45, 7) is 8.90. The molecule has 0 aliphatic carbocycles. The topological polar surface area (TPSA) is 70.3 Å². The summed E-state index contributed by atoms with van der Waals surface area (Å²) in [6.07, 6.45) is 4.46. The second kappa shape index (κ2) is 10.2. The molecule has 31 heavy (non-hydrogen) atoms. The number of rotatable bonds is 7. The molecule has 1 aliphatic heterocycles. The molecule has 1 amide bonds. The normalized spacial score (nSPS) is 14.9. The summed E-state index contributed by atoms with van der Waals surface area (Å²) in [5, 5.41) is 12.6. The first-order valence-electron chi connectivity index (χ1n) is 10.9. The highest BCUT2D eigenvalue weighted by Gasteiger charge is 2.22. The first-order valence-corrected chi connectivity index (χ1v) is 10.9. The molecule has 1 N–H and O–H groups in total. The molecule has 0 spiro atoms. The molecule has 0 unspecified atom stereocenters. The Kier molecular flexibility index (Phi) is 7.41. The Balaban J connectivity index is 1.61. The predicted octanol–water partition coefficient (Wildman–Crippen LogP) is 4.22. The van der Waals surface area contributed by atoms with Crippen LogP contribution in [-0.2, 0) is 11.3 Å². The summed E-state index contributed by atoms with van der Waals surface area (Å²) >= 11 is 0. The molecule has 6 heteroatoms. The number of nitrogens with zero attached hydrogens (tertiary/aromatic N) is 3. The van der Waals surface area contributed by atoms with Crippen LogP contribution in [0.25, 0.3) is 6.08 Å². The van der Waals surface area contributed by atoms with Crippen molar-refractivity contribution in [3.8, 4) is 11.8 Å². The van der Waals surface area contributed by atoms with Crippen molar-refractivity contribution in [2.24, 2.45) is 0 Å². The van der Waals surface area contributed by atoms with Crippen molar-refractivity contribution in [1.29, 1.82) is 5.26 Å². The molecule has 1 saturated heterocycles. The zero-order chi connectivity index (χ0) is 22.4. The first-order chi connectivity index (χ1) is 15.0. The van der Waals surface area contributed by atoms with Crippen LogP contribution in [-0.4, -0.2) is 36.7 Å². The summed E-state index contributed by atoms with van der Waals surface area (Å²) in [5.74, 6) is 0.558. The van der Waals surface area contributed by atoms with E-state index in [0.717, 1.165) is 67.3 Å². The SMILES string of the molecule is CCCn1c(C)cc(/C=C(/C#N)C(=O)NC2CCN(c3ccc(OC)cc3)CC2)c1C. The van der Waals surface area contributed by atoms with E-state index in [0.29, 0.717) is 0 Å². The highest BCUT2D eigenvalue weighted by Crippen LogP contribution is 2.23. The number of ether oxygens (including phenoxy) is 1. The first kappa shape index (κ1) is 22.5. The van der Waals surface area contributed by atoms with Gasteiger partial charge >= 0.3 is 0 Å². The van der Waals surface area contributed by atoms with E-state index in [9.17, 15) is 10.1 Å². The standard InChI is InChI=1S/C25H32N4O2/c1-5-12-29-18(2)15-20(19(29)3)16-21(17-26)25(30)27-22-10-13-28(14-11-22)23-6-8-24(31-4)9-7-23/h6-9,15-16,22H,5,10-14H2,1-4H3,(H,27,30)/b21-16-. The Bertz CT molecular complexity index is 974. The van der Waals surface area contributed by atoms with Crippen molar-refractivity contribution >= 4 is 17.7 Å². The molecule has 2 heterocycles. The van der Waals surface area contributed by atoms with Crippen LogP contribution in [0.5, 0.6) is 5.75 Å². The lowest BCUT2D eigenvalue weighted by atomic mass is 10.0. The van der Waals surface area contributed by atoms with Gasteiger partial charge in [-0.25, -0.2) is 0 Å². The zero-order valence-corrected chi connectivity index (χ0v) is 18.9. The van der Waals surface area contributed by atoms with Crippen LogP contribution in [0.4, 0.5) is 5.69 Å². The monoisotopic (exact) mass is 420 g/mol. The molecular formula is C25H32N4O2. The van der Waals surface area contributed by atoms with Gasteiger partial charge in [0.25, 0.3) is 5.91 Å². The maximum Gasteiger partial charge on any atom is 0.262 e. The van der Waals surface area contributed by atoms with E-state index >= 15 is 0 Å². The fourth-order valence-electron chi connectivity index (χ4n) is 4.18. The molecule has 1 fully saturated rings. The molecule has 2 aromatic rings. The van der Waals surface area contributed by atoms with E-state index in [1.807, 2.05) is 25.1 Å². The highest BCUT2D eigenvalue weighted by molar-refractivity contribution is 6.02. The lowest BCUT2D eigenvalue weighted by molar-refractivity contribution is -0.117. The molecule has 1 aromatic carbocycles. The molecule has 1 aliphatic rings. The number of amides is 1. The number of anilines is 1. The van der Waals surface area contributed by atoms with Crippen LogP contribution in [0.15, 0.2) is 35.9 Å². The van der Waals surface area contributed by atoms with Crippen LogP contribution in [0.2, 0.25) is 0 Å². The van der Waals surface area contributed by atoms with Gasteiger partial charge in [0.1, 0.15) is 17.4 Å². The number of nitrogens with one attached hydrogen (secondary N) is 1. The second-order valence-electron chi connectivity index (χ2n) is 8.08. The van der Waals surface area contributed by atoms with Crippen molar-refractivity contribution in [1.82, 2.24) is 9.88 Å². The minimum absolute atomic E-state index is 0.0753. The smallest absolute Gasteiger partial charge is 0.262 e. The summed E-state index contributed by atoms with van der Waals surface area (Å²) in [4.78, 5) is 15.1. The molecule has 0 saturated carbocycles. The van der Waals surface area contributed by atoms with Crippen LogP contribution in [0, 0.1) is 25.2 Å². The van der Waals surface area contributed by atoms with Gasteiger partial charge in [0.2, 0.25) is 0 Å². The van der Waals surface area contributed by atoms with Gasteiger partial charge in [-0.15, -0.1) is 0 Å². The number of carbonyl (C=O) groups excluding carboxylic acids is 1. The highest BCUT2D eigenvalue weighted by atomic mass is 16.5. The van der Waals surface area contributed by atoms with Crippen molar-refractivity contribution in [3.63, 3.8) is 0 Å². The number of aryl methyl sites for hydroxylation is 1. The van der Waals surface area contributed by atoms with Gasteiger partial charge < -0.3 is 19.5 Å². The number of nitriles is 1. The number of hydrogen-bond donors (Lipinski definition) is 1. The maximum atomic E-state index is 12.8. The van der Waals surface area contributed by atoms with Crippen LogP contribution in [0.1, 0.15) is 43.1 Å². The minimum Gasteiger partial charge on any atom is -0.497 e. The van der Waals surface area contributed by atoms with E-state index in [-0.39, 0.29) is 17.5 Å². The lowest BCUT2D eigenvalue weighted by Gasteiger charge is -2.34. The fraction of sp³-hybridized carbons (Fsp3) is 0.440. The number of methoxy groups -OCH3 is 1. The van der Waals surface area contributed by atoms with Crippen molar-refractivity contribution in [2.75, 3.05) is 25.1 Å². The number of piperidine rings is 1. The van der Waals surface area contributed by atoms with Gasteiger partial charge in [-0.1, -0.05) is 6.92 Å². The Hall–Kier alpha value is -3.20. The summed E-state index contributed by atoms with van der Waals surface area (Å²) in [6, 6.07) is 12.3. The fourth-order valence-corrected chi connectivity index (χ4v) is 4.18. The van der Waals surface area contributed by atoms with Crippen LogP contribution in [0.3, 0.4) is 0 Å². The van der Waals surface area contributed by atoms with Gasteiger partial charge in [0.05, 0.1) is 7.11 Å². The van der Waals surface area contributed by atoms with E-state index < -0.39 is 0 Å². The molecule has 1 aromatic heterocycles. The predicted molar refractivity (Wildman–Crippen MR) is 124 cm³/mol. The third-order valence-corrected chi connectivity index (χ3v) is 5.99. The van der Waals surface area contributed by atoms with E-state index in [1.54, 1.807) is 13.2 Å². The van der Waals surface area contributed by atoms with Crippen LogP contribution >= 0.6 is 0 Å². The van der Waals surface area contributed by atoms with E-state index in [1.165, 1.54) is 0 Å². The average molecular weight is 421 g/mol. The van der Waals surface area contributed by atoms with Crippen molar-refractivity contribution in [2.45, 2.75) is 52.6 Å². The Labute approximate surface area is 185 Å². The van der Waals surface area contributed by atoms with Gasteiger partial charge in [-0.3, -0.25) is 4.79 Å². The van der Waals surface area contributed by atoms with Crippen LogP contribution < -0.4 is 15.0 Å². The summed E-state index contributed by atoms with van der Waals surface area (Å²) in [5.41, 5.74) is 4.49. The van der Waals surface area contributed by atoms with E-state index in [4.69, 9.17) is 4.74 Å². The third-order valence-electron chi connectivity index (χ3n) is 5.99. The molecule has 6 nitrogen and oxygen atoms in total.